The zero-order valence-corrected chi connectivity index (χ0v) is 22.0. The summed E-state index contributed by atoms with van der Waals surface area (Å²) in [5.41, 5.74) is 6.03. The van der Waals surface area contributed by atoms with Crippen LogP contribution in [0, 0.1) is 18.7 Å². The number of aryl methyl sites for hydroxylation is 1. The molecule has 0 radical (unpaired) electrons. The molecular weight excluding hydrogens is 485 g/mol. The van der Waals surface area contributed by atoms with Crippen molar-refractivity contribution >= 4 is 29.1 Å². The molecule has 2 N–H and O–H groups in total. The highest BCUT2D eigenvalue weighted by atomic mass is 35.5. The van der Waals surface area contributed by atoms with E-state index in [9.17, 15) is 14.3 Å². The van der Waals surface area contributed by atoms with Crippen molar-refractivity contribution in [1.29, 1.82) is 0 Å². The van der Waals surface area contributed by atoms with Crippen LogP contribution in [0.3, 0.4) is 0 Å². The Balaban J connectivity index is 0.00000320. The molecule has 0 heterocycles. The standard InChI is InChI=1S/C32H32FNO2.ClH/c1-20-11-12-24(19-29(20)32(35)36)30-18-22(17-23-7-3-4-8-26(23)30)15-16-34-21(2)25-13-14-31(33)28-10-6-5-9-27(25)28;/h3-14,19,21-22,30,34H,15-18H2,1-2H3,(H,35,36);1H/t21-,22-,30?;/m1./s1. The highest BCUT2D eigenvalue weighted by molar-refractivity contribution is 5.89. The van der Waals surface area contributed by atoms with Crippen LogP contribution >= 0.6 is 12.4 Å². The Morgan fingerprint density at radius 1 is 1.03 bits per heavy atom. The van der Waals surface area contributed by atoms with Crippen molar-refractivity contribution in [3.05, 3.63) is 118 Å². The van der Waals surface area contributed by atoms with E-state index in [4.69, 9.17) is 0 Å². The van der Waals surface area contributed by atoms with E-state index in [1.165, 1.54) is 11.1 Å². The molecule has 4 aromatic carbocycles. The number of benzene rings is 4. The summed E-state index contributed by atoms with van der Waals surface area (Å²) < 4.78 is 14.3. The van der Waals surface area contributed by atoms with Crippen LogP contribution in [0.4, 0.5) is 4.39 Å². The maximum atomic E-state index is 14.3. The summed E-state index contributed by atoms with van der Waals surface area (Å²) >= 11 is 0. The monoisotopic (exact) mass is 517 g/mol. The minimum absolute atomic E-state index is 0. The molecule has 0 aromatic heterocycles. The number of hydrogen-bond acceptors (Lipinski definition) is 2. The second-order valence-corrected chi connectivity index (χ2v) is 10.1. The smallest absolute Gasteiger partial charge is 0.335 e. The van der Waals surface area contributed by atoms with Crippen LogP contribution in [0.2, 0.25) is 0 Å². The molecule has 0 saturated heterocycles. The fourth-order valence-electron chi connectivity index (χ4n) is 5.81. The van der Waals surface area contributed by atoms with Crippen molar-refractivity contribution in [2.45, 2.75) is 45.1 Å². The number of hydrogen-bond donors (Lipinski definition) is 2. The molecule has 0 saturated carbocycles. The van der Waals surface area contributed by atoms with Gasteiger partial charge in [0, 0.05) is 17.3 Å². The van der Waals surface area contributed by atoms with Crippen molar-refractivity contribution in [1.82, 2.24) is 5.32 Å². The van der Waals surface area contributed by atoms with Gasteiger partial charge in [0.2, 0.25) is 0 Å². The lowest BCUT2D eigenvalue weighted by Crippen LogP contribution is -2.26. The Morgan fingerprint density at radius 2 is 1.76 bits per heavy atom. The van der Waals surface area contributed by atoms with Crippen LogP contribution < -0.4 is 5.32 Å². The summed E-state index contributed by atoms with van der Waals surface area (Å²) in [4.78, 5) is 11.8. The summed E-state index contributed by atoms with van der Waals surface area (Å²) in [6.07, 6.45) is 3.04. The lowest BCUT2D eigenvalue weighted by molar-refractivity contribution is 0.0696. The zero-order chi connectivity index (χ0) is 25.2. The van der Waals surface area contributed by atoms with Crippen LogP contribution in [0.25, 0.3) is 10.8 Å². The summed E-state index contributed by atoms with van der Waals surface area (Å²) in [5, 5.41) is 14.9. The summed E-state index contributed by atoms with van der Waals surface area (Å²) in [6.45, 7) is 4.85. The maximum absolute atomic E-state index is 14.3. The molecule has 192 valence electrons. The first kappa shape index (κ1) is 26.8. The lowest BCUT2D eigenvalue weighted by atomic mass is 9.72. The van der Waals surface area contributed by atoms with Crippen LogP contribution in [0.1, 0.15) is 69.9 Å². The van der Waals surface area contributed by atoms with E-state index < -0.39 is 5.97 Å². The Hall–Kier alpha value is -3.21. The first-order chi connectivity index (χ1) is 17.4. The van der Waals surface area contributed by atoms with Gasteiger partial charge in [-0.2, -0.15) is 0 Å². The largest absolute Gasteiger partial charge is 0.478 e. The van der Waals surface area contributed by atoms with Gasteiger partial charge in [0.1, 0.15) is 5.82 Å². The van der Waals surface area contributed by atoms with Gasteiger partial charge in [-0.25, -0.2) is 9.18 Å². The minimum Gasteiger partial charge on any atom is -0.478 e. The van der Waals surface area contributed by atoms with E-state index in [2.05, 4.69) is 42.6 Å². The number of rotatable bonds is 7. The molecule has 3 nitrogen and oxygen atoms in total. The van der Waals surface area contributed by atoms with E-state index in [0.29, 0.717) is 16.9 Å². The number of aromatic carboxylic acids is 1. The van der Waals surface area contributed by atoms with Crippen LogP contribution in [0.15, 0.2) is 78.9 Å². The molecule has 1 aliphatic rings. The molecule has 0 amide bonds. The molecule has 0 bridgehead atoms. The Morgan fingerprint density at radius 3 is 2.54 bits per heavy atom. The van der Waals surface area contributed by atoms with Crippen molar-refractivity contribution in [2.75, 3.05) is 6.54 Å². The van der Waals surface area contributed by atoms with Gasteiger partial charge in [0.05, 0.1) is 5.56 Å². The number of nitrogens with one attached hydrogen (secondary N) is 1. The van der Waals surface area contributed by atoms with Gasteiger partial charge >= 0.3 is 5.97 Å². The number of fused-ring (bicyclic) bond motifs is 2. The van der Waals surface area contributed by atoms with E-state index >= 15 is 0 Å². The number of carboxylic acids is 1. The molecule has 0 aliphatic heterocycles. The third-order valence-corrected chi connectivity index (χ3v) is 7.78. The van der Waals surface area contributed by atoms with Gasteiger partial charge in [-0.05, 0) is 90.9 Å². The van der Waals surface area contributed by atoms with Crippen LogP contribution in [0.5, 0.6) is 0 Å². The van der Waals surface area contributed by atoms with Crippen molar-refractivity contribution in [3.63, 3.8) is 0 Å². The van der Waals surface area contributed by atoms with Gasteiger partial charge in [0.25, 0.3) is 0 Å². The summed E-state index contributed by atoms with van der Waals surface area (Å²) in [6, 6.07) is 25.7. The highest BCUT2D eigenvalue weighted by Crippen LogP contribution is 2.41. The molecule has 1 unspecified atom stereocenters. The van der Waals surface area contributed by atoms with E-state index in [1.54, 1.807) is 6.07 Å². The fraction of sp³-hybridized carbons (Fsp3) is 0.281. The average Bonchev–Trinajstić information content (AvgIpc) is 2.88. The van der Waals surface area contributed by atoms with Gasteiger partial charge in [-0.3, -0.25) is 0 Å². The van der Waals surface area contributed by atoms with Gasteiger partial charge in [-0.15, -0.1) is 12.4 Å². The predicted octanol–water partition coefficient (Wildman–Crippen LogP) is 7.84. The first-order valence-corrected chi connectivity index (χ1v) is 12.7. The molecular formula is C32H33ClFNO2. The normalized spacial score (nSPS) is 17.6. The van der Waals surface area contributed by atoms with Gasteiger partial charge in [-0.1, -0.05) is 66.7 Å². The predicted molar refractivity (Wildman–Crippen MR) is 150 cm³/mol. The SMILES string of the molecule is Cc1ccc(C2C[C@H](CCN[C@H](C)c3ccc(F)c4ccccc34)Cc3ccccc32)cc1C(=O)O.Cl. The van der Waals surface area contributed by atoms with Crippen molar-refractivity contribution in [3.8, 4) is 0 Å². The maximum Gasteiger partial charge on any atom is 0.335 e. The fourth-order valence-corrected chi connectivity index (χ4v) is 5.81. The lowest BCUT2D eigenvalue weighted by Gasteiger charge is -2.32. The van der Waals surface area contributed by atoms with E-state index in [0.717, 1.165) is 47.9 Å². The Kier molecular flexibility index (Phi) is 8.31. The van der Waals surface area contributed by atoms with Crippen molar-refractivity contribution < 1.29 is 14.3 Å². The van der Waals surface area contributed by atoms with E-state index in [-0.39, 0.29) is 30.2 Å². The number of carboxylic acid groups (broad SMARTS) is 1. The van der Waals surface area contributed by atoms with Crippen LogP contribution in [-0.2, 0) is 6.42 Å². The molecule has 37 heavy (non-hydrogen) atoms. The summed E-state index contributed by atoms with van der Waals surface area (Å²) in [5.74, 6) is -0.376. The first-order valence-electron chi connectivity index (χ1n) is 12.7. The topological polar surface area (TPSA) is 49.3 Å². The third kappa shape index (κ3) is 5.56. The van der Waals surface area contributed by atoms with E-state index in [1.807, 2.05) is 49.4 Å². The number of halogens is 2. The van der Waals surface area contributed by atoms with Gasteiger partial charge < -0.3 is 10.4 Å². The Labute approximate surface area is 224 Å². The second-order valence-electron chi connectivity index (χ2n) is 10.1. The second kappa shape index (κ2) is 11.5. The molecule has 0 spiro atoms. The minimum atomic E-state index is -0.874. The van der Waals surface area contributed by atoms with Crippen molar-refractivity contribution in [2.24, 2.45) is 5.92 Å². The molecule has 0 fully saturated rings. The molecule has 3 atom stereocenters. The molecule has 4 aromatic rings. The van der Waals surface area contributed by atoms with Gasteiger partial charge in [0.15, 0.2) is 0 Å². The van der Waals surface area contributed by atoms with Crippen LogP contribution in [-0.4, -0.2) is 17.6 Å². The number of carbonyl (C=O) groups is 1. The Bertz CT molecular complexity index is 1420. The molecule has 5 heteroatoms. The highest BCUT2D eigenvalue weighted by Gasteiger charge is 2.28. The quantitative estimate of drug-likeness (QED) is 0.262. The zero-order valence-electron chi connectivity index (χ0n) is 21.2. The molecule has 1 aliphatic carbocycles. The molecule has 5 rings (SSSR count). The summed E-state index contributed by atoms with van der Waals surface area (Å²) in [7, 11) is 0. The average molecular weight is 518 g/mol. The third-order valence-electron chi connectivity index (χ3n) is 7.78.